The second kappa shape index (κ2) is 10.2. The van der Waals surface area contributed by atoms with Crippen molar-refractivity contribution in [2.75, 3.05) is 31.7 Å². The lowest BCUT2D eigenvalue weighted by atomic mass is 9.82. The fourth-order valence-electron chi connectivity index (χ4n) is 5.62. The van der Waals surface area contributed by atoms with E-state index in [0.29, 0.717) is 22.7 Å². The van der Waals surface area contributed by atoms with Gasteiger partial charge in [0.15, 0.2) is 0 Å². The van der Waals surface area contributed by atoms with Gasteiger partial charge in [0, 0.05) is 5.69 Å². The lowest BCUT2D eigenvalue weighted by Crippen LogP contribution is -2.46. The van der Waals surface area contributed by atoms with Crippen LogP contribution in [0, 0.1) is 17.3 Å². The number of carbonyl (C=O) groups excluding carboxylic acids is 3. The molecule has 1 spiro atoms. The van der Waals surface area contributed by atoms with E-state index in [1.165, 1.54) is 19.3 Å². The molecule has 2 aliphatic rings. The maximum Gasteiger partial charge on any atom is 0.310 e. The Bertz CT molecular complexity index is 1290. The minimum atomic E-state index is -1.31. The third-order valence-corrected chi connectivity index (χ3v) is 7.31. The van der Waals surface area contributed by atoms with E-state index >= 15 is 0 Å². The van der Waals surface area contributed by atoms with Gasteiger partial charge in [-0.25, -0.2) is 5.06 Å². The number of hydroxylamine groups is 1. The van der Waals surface area contributed by atoms with Gasteiger partial charge in [-0.15, -0.1) is 0 Å². The second-order valence-electron chi connectivity index (χ2n) is 9.18. The number of para-hydroxylation sites is 1. The number of nitrogens with zero attached hydrogens (tertiary/aromatic N) is 1. The molecule has 0 bridgehead atoms. The maximum atomic E-state index is 14.1. The van der Waals surface area contributed by atoms with Crippen LogP contribution < -0.4 is 15.1 Å². The third-order valence-electron chi connectivity index (χ3n) is 7.31. The maximum absolute atomic E-state index is 14.1. The molecule has 4 unspecified atom stereocenters. The van der Waals surface area contributed by atoms with Crippen LogP contribution in [0.3, 0.4) is 0 Å². The standard InChI is InChI=1S/C29H28N2O7/c1-35-21-16-14-20(15-17-21)31-24(26(32)30-19-12-8-5-9-13-19)29(25(38-31)18-10-6-4-7-11-18)22(27(33)36-2)23(29)28(34)37-3/h4-17,22-25H,1-3H3,(H,30,32). The van der Waals surface area contributed by atoms with Crippen LogP contribution in [-0.2, 0) is 28.7 Å². The van der Waals surface area contributed by atoms with Crippen molar-refractivity contribution in [1.82, 2.24) is 0 Å². The van der Waals surface area contributed by atoms with Crippen molar-refractivity contribution >= 4 is 29.2 Å². The normalized spacial score (nSPS) is 25.5. The van der Waals surface area contributed by atoms with Crippen LogP contribution in [-0.4, -0.2) is 45.2 Å². The van der Waals surface area contributed by atoms with Gasteiger partial charge in [0.1, 0.15) is 17.9 Å². The number of hydrogen-bond donors (Lipinski definition) is 1. The Balaban J connectivity index is 1.69. The average molecular weight is 517 g/mol. The first-order chi connectivity index (χ1) is 18.5. The molecule has 1 amide bonds. The van der Waals surface area contributed by atoms with Crippen molar-refractivity contribution in [3.8, 4) is 5.75 Å². The molecule has 5 rings (SSSR count). The lowest BCUT2D eigenvalue weighted by Gasteiger charge is -2.27. The number of rotatable bonds is 7. The van der Waals surface area contributed by atoms with Gasteiger partial charge in [0.05, 0.1) is 44.3 Å². The first-order valence-electron chi connectivity index (χ1n) is 12.1. The summed E-state index contributed by atoms with van der Waals surface area (Å²) in [6.07, 6.45) is -0.828. The molecule has 1 aliphatic carbocycles. The van der Waals surface area contributed by atoms with E-state index in [2.05, 4.69) is 5.32 Å². The average Bonchev–Trinajstić information content (AvgIpc) is 3.51. The molecule has 1 saturated heterocycles. The zero-order valence-corrected chi connectivity index (χ0v) is 21.2. The number of ether oxygens (including phenoxy) is 3. The lowest BCUT2D eigenvalue weighted by molar-refractivity contribution is -0.148. The molecule has 1 aliphatic heterocycles. The van der Waals surface area contributed by atoms with E-state index in [0.717, 1.165) is 0 Å². The van der Waals surface area contributed by atoms with Crippen LogP contribution in [0.15, 0.2) is 84.9 Å². The summed E-state index contributed by atoms with van der Waals surface area (Å²) in [6, 6.07) is 24.1. The van der Waals surface area contributed by atoms with Crippen LogP contribution in [0.1, 0.15) is 11.7 Å². The summed E-state index contributed by atoms with van der Waals surface area (Å²) in [5, 5.41) is 4.42. The van der Waals surface area contributed by atoms with Gasteiger partial charge >= 0.3 is 11.9 Å². The molecule has 0 radical (unpaired) electrons. The van der Waals surface area contributed by atoms with Crippen molar-refractivity contribution in [3.05, 3.63) is 90.5 Å². The van der Waals surface area contributed by atoms with Crippen LogP contribution in [0.25, 0.3) is 0 Å². The molecule has 2 fully saturated rings. The highest BCUT2D eigenvalue weighted by Crippen LogP contribution is 2.73. The highest BCUT2D eigenvalue weighted by atomic mass is 16.7. The van der Waals surface area contributed by atoms with Gasteiger partial charge in [-0.1, -0.05) is 48.5 Å². The first-order valence-corrected chi connectivity index (χ1v) is 12.1. The molecule has 4 atom stereocenters. The summed E-state index contributed by atoms with van der Waals surface area (Å²) in [7, 11) is 4.08. The molecule has 3 aromatic rings. The summed E-state index contributed by atoms with van der Waals surface area (Å²) in [5.41, 5.74) is 0.521. The van der Waals surface area contributed by atoms with Gasteiger partial charge in [-0.3, -0.25) is 19.2 Å². The Labute approximate surface area is 220 Å². The molecule has 0 aromatic heterocycles. The van der Waals surface area contributed by atoms with Crippen molar-refractivity contribution in [2.45, 2.75) is 12.1 Å². The molecule has 38 heavy (non-hydrogen) atoms. The fourth-order valence-corrected chi connectivity index (χ4v) is 5.62. The fraction of sp³-hybridized carbons (Fsp3) is 0.276. The number of esters is 2. The van der Waals surface area contributed by atoms with Gasteiger partial charge in [-0.2, -0.15) is 0 Å². The van der Waals surface area contributed by atoms with Crippen molar-refractivity contribution in [2.24, 2.45) is 17.3 Å². The van der Waals surface area contributed by atoms with E-state index < -0.39 is 47.2 Å². The van der Waals surface area contributed by atoms with Gasteiger partial charge < -0.3 is 19.5 Å². The Morgan fingerprint density at radius 1 is 0.789 bits per heavy atom. The van der Waals surface area contributed by atoms with E-state index in [1.54, 1.807) is 55.6 Å². The Morgan fingerprint density at radius 2 is 1.34 bits per heavy atom. The van der Waals surface area contributed by atoms with E-state index in [1.807, 2.05) is 36.4 Å². The minimum Gasteiger partial charge on any atom is -0.497 e. The number of anilines is 2. The zero-order chi connectivity index (χ0) is 26.9. The predicted molar refractivity (Wildman–Crippen MR) is 138 cm³/mol. The monoisotopic (exact) mass is 516 g/mol. The van der Waals surface area contributed by atoms with E-state index in [4.69, 9.17) is 19.0 Å². The van der Waals surface area contributed by atoms with Gasteiger partial charge in [0.2, 0.25) is 5.91 Å². The topological polar surface area (TPSA) is 103 Å². The molecule has 3 aromatic carbocycles. The quantitative estimate of drug-likeness (QED) is 0.474. The number of methoxy groups -OCH3 is 3. The van der Waals surface area contributed by atoms with Gasteiger partial charge in [0.25, 0.3) is 0 Å². The van der Waals surface area contributed by atoms with Crippen molar-refractivity contribution < 1.29 is 33.4 Å². The molecule has 9 heteroatoms. The van der Waals surface area contributed by atoms with Crippen molar-refractivity contribution in [3.63, 3.8) is 0 Å². The molecule has 1 N–H and O–H groups in total. The zero-order valence-electron chi connectivity index (χ0n) is 21.2. The molecule has 196 valence electrons. The molecule has 1 saturated carbocycles. The van der Waals surface area contributed by atoms with Crippen LogP contribution >= 0.6 is 0 Å². The van der Waals surface area contributed by atoms with Gasteiger partial charge in [-0.05, 0) is 42.0 Å². The Kier molecular flexibility index (Phi) is 6.77. The summed E-state index contributed by atoms with van der Waals surface area (Å²) in [4.78, 5) is 46.9. The first kappa shape index (κ1) is 25.3. The smallest absolute Gasteiger partial charge is 0.310 e. The van der Waals surface area contributed by atoms with E-state index in [9.17, 15) is 14.4 Å². The predicted octanol–water partition coefficient (Wildman–Crippen LogP) is 3.77. The minimum absolute atomic E-state index is 0.439. The largest absolute Gasteiger partial charge is 0.497 e. The molecular formula is C29H28N2O7. The third kappa shape index (κ3) is 4.05. The number of nitrogens with one attached hydrogen (secondary N) is 1. The van der Waals surface area contributed by atoms with Crippen LogP contribution in [0.4, 0.5) is 11.4 Å². The summed E-state index contributed by atoms with van der Waals surface area (Å²) in [6.45, 7) is 0. The SMILES string of the molecule is COC(=O)C1C(C(=O)OC)C12C(c1ccccc1)ON(c1ccc(OC)cc1)C2C(=O)Nc1ccccc1. The number of carbonyl (C=O) groups is 3. The summed E-state index contributed by atoms with van der Waals surface area (Å²) >= 11 is 0. The Hall–Kier alpha value is -4.37. The van der Waals surface area contributed by atoms with Crippen molar-refractivity contribution in [1.29, 1.82) is 0 Å². The summed E-state index contributed by atoms with van der Waals surface area (Å²) in [5.74, 6) is -2.98. The molecule has 1 heterocycles. The van der Waals surface area contributed by atoms with Crippen LogP contribution in [0.5, 0.6) is 5.75 Å². The Morgan fingerprint density at radius 3 is 1.87 bits per heavy atom. The second-order valence-corrected chi connectivity index (χ2v) is 9.18. The summed E-state index contributed by atoms with van der Waals surface area (Å²) < 4.78 is 15.5. The molecule has 9 nitrogen and oxygen atoms in total. The highest BCUT2D eigenvalue weighted by Gasteiger charge is 2.84. The number of amides is 1. The number of benzene rings is 3. The number of hydrogen-bond acceptors (Lipinski definition) is 8. The van der Waals surface area contributed by atoms with E-state index in [-0.39, 0.29) is 0 Å². The highest BCUT2D eigenvalue weighted by molar-refractivity contribution is 6.02. The van der Waals surface area contributed by atoms with Crippen LogP contribution in [0.2, 0.25) is 0 Å². The molecular weight excluding hydrogens is 488 g/mol.